The molecule has 0 aliphatic carbocycles. The molecule has 0 saturated heterocycles. The monoisotopic (exact) mass is 528 g/mol. The number of nitrogens with one attached hydrogen (secondary N) is 2. The van der Waals surface area contributed by atoms with Crippen LogP contribution in [0.2, 0.25) is 0 Å². The molecule has 4 rings (SSSR count). The van der Waals surface area contributed by atoms with Crippen LogP contribution in [-0.4, -0.2) is 34.4 Å². The van der Waals surface area contributed by atoms with Crippen LogP contribution in [0.25, 0.3) is 22.2 Å². The number of aliphatic hydroxyl groups excluding tert-OH is 1. The van der Waals surface area contributed by atoms with Crippen LogP contribution < -0.4 is 20.9 Å². The number of anilines is 2. The fourth-order valence-electron chi connectivity index (χ4n) is 4.86. The van der Waals surface area contributed by atoms with Gasteiger partial charge in [0.1, 0.15) is 17.1 Å². The van der Waals surface area contributed by atoms with Gasteiger partial charge in [0, 0.05) is 36.0 Å². The Balaban J connectivity index is 1.90. The fourth-order valence-corrected chi connectivity index (χ4v) is 4.86. The van der Waals surface area contributed by atoms with Crippen molar-refractivity contribution in [3.05, 3.63) is 82.3 Å². The van der Waals surface area contributed by atoms with Gasteiger partial charge in [0.05, 0.1) is 7.11 Å². The van der Waals surface area contributed by atoms with Crippen LogP contribution in [0.1, 0.15) is 57.1 Å². The molecule has 0 bridgehead atoms. The minimum Gasteiger partial charge on any atom is -0.497 e. The van der Waals surface area contributed by atoms with E-state index < -0.39 is 11.6 Å². The van der Waals surface area contributed by atoms with Crippen molar-refractivity contribution in [3.63, 3.8) is 0 Å². The molecule has 2 aromatic carbocycles. The zero-order chi connectivity index (χ0) is 28.1. The Hall–Kier alpha value is -4.17. The maximum Gasteiger partial charge on any atom is 0.323 e. The number of hydrogen-bond acceptors (Lipinski definition) is 5. The van der Waals surface area contributed by atoms with E-state index >= 15 is 0 Å². The summed E-state index contributed by atoms with van der Waals surface area (Å²) in [5.41, 5.74) is 4.27. The molecule has 2 heterocycles. The number of pyridine rings is 2. The summed E-state index contributed by atoms with van der Waals surface area (Å²) in [5.74, 6) is 0.999. The second kappa shape index (κ2) is 12.1. The lowest BCUT2D eigenvalue weighted by Crippen LogP contribution is -2.30. The molecule has 0 aliphatic rings. The molecule has 0 spiro atoms. The van der Waals surface area contributed by atoms with Gasteiger partial charge in [-0.15, -0.1) is 0 Å². The van der Waals surface area contributed by atoms with Crippen molar-refractivity contribution in [3.8, 4) is 16.9 Å². The van der Waals surface area contributed by atoms with E-state index in [1.165, 1.54) is 4.57 Å². The van der Waals surface area contributed by atoms with Crippen LogP contribution in [0.15, 0.2) is 65.6 Å². The van der Waals surface area contributed by atoms with E-state index in [-0.39, 0.29) is 30.7 Å². The highest BCUT2D eigenvalue weighted by molar-refractivity contribution is 6.07. The number of aryl methyl sites for hydroxylation is 1. The van der Waals surface area contributed by atoms with Gasteiger partial charge in [0.2, 0.25) is 0 Å². The maximum atomic E-state index is 13.9. The third-order valence-corrected chi connectivity index (χ3v) is 6.77. The van der Waals surface area contributed by atoms with E-state index in [1.54, 1.807) is 19.4 Å². The highest BCUT2D eigenvalue weighted by Crippen LogP contribution is 2.36. The van der Waals surface area contributed by atoms with Gasteiger partial charge >= 0.3 is 6.03 Å². The second-order valence-electron chi connectivity index (χ2n) is 10.1. The smallest absolute Gasteiger partial charge is 0.323 e. The topological polar surface area (TPSA) is 105 Å². The molecule has 0 atom stereocenters. The lowest BCUT2D eigenvalue weighted by Gasteiger charge is -2.22. The number of nitrogens with zero attached hydrogens (tertiary/aromatic N) is 2. The van der Waals surface area contributed by atoms with Crippen molar-refractivity contribution in [2.24, 2.45) is 0 Å². The van der Waals surface area contributed by atoms with E-state index in [9.17, 15) is 14.7 Å². The number of aliphatic hydroxyl groups is 1. The second-order valence-corrected chi connectivity index (χ2v) is 10.1. The Morgan fingerprint density at radius 2 is 1.64 bits per heavy atom. The molecule has 8 nitrogen and oxygen atoms in total. The van der Waals surface area contributed by atoms with Crippen LogP contribution in [0.5, 0.6) is 5.75 Å². The number of rotatable bonds is 9. The number of aromatic nitrogens is 2. The first kappa shape index (κ1) is 27.9. The number of hydrogen-bond donors (Lipinski definition) is 3. The van der Waals surface area contributed by atoms with Gasteiger partial charge in [-0.2, -0.15) is 0 Å². The number of benzene rings is 2. The molecule has 0 unspecified atom stereocenters. The molecule has 2 aromatic heterocycles. The molecule has 3 N–H and O–H groups in total. The molecule has 0 radical (unpaired) electrons. The van der Waals surface area contributed by atoms with Crippen molar-refractivity contribution >= 4 is 28.4 Å². The molecule has 8 heteroatoms. The highest BCUT2D eigenvalue weighted by Gasteiger charge is 2.22. The summed E-state index contributed by atoms with van der Waals surface area (Å²) in [6, 6.07) is 16.5. The van der Waals surface area contributed by atoms with Gasteiger partial charge in [-0.05, 0) is 59.2 Å². The van der Waals surface area contributed by atoms with Crippen LogP contribution in [0.4, 0.5) is 16.2 Å². The molecule has 0 saturated carbocycles. The Kier molecular flexibility index (Phi) is 8.66. The minimum atomic E-state index is -0.511. The predicted octanol–water partition coefficient (Wildman–Crippen LogP) is 6.35. The largest absolute Gasteiger partial charge is 0.497 e. The third-order valence-electron chi connectivity index (χ3n) is 6.77. The van der Waals surface area contributed by atoms with Gasteiger partial charge in [-0.25, -0.2) is 9.78 Å². The quantitative estimate of drug-likeness (QED) is 0.235. The number of carbonyl (C=O) groups is 1. The molecule has 0 aliphatic heterocycles. The number of methoxy groups -OCH3 is 1. The summed E-state index contributed by atoms with van der Waals surface area (Å²) >= 11 is 0. The van der Waals surface area contributed by atoms with E-state index in [4.69, 9.17) is 4.74 Å². The minimum absolute atomic E-state index is 0.0778. The summed E-state index contributed by atoms with van der Waals surface area (Å²) < 4.78 is 6.95. The average molecular weight is 529 g/mol. The summed E-state index contributed by atoms with van der Waals surface area (Å²) in [7, 11) is 1.58. The van der Waals surface area contributed by atoms with Crippen molar-refractivity contribution in [2.45, 2.75) is 52.5 Å². The molecule has 204 valence electrons. The van der Waals surface area contributed by atoms with E-state index in [0.717, 1.165) is 16.8 Å². The van der Waals surface area contributed by atoms with E-state index in [0.29, 0.717) is 34.3 Å². The fraction of sp³-hybridized carbons (Fsp3) is 0.323. The zero-order valence-corrected chi connectivity index (χ0v) is 23.1. The highest BCUT2D eigenvalue weighted by atomic mass is 16.5. The zero-order valence-electron chi connectivity index (χ0n) is 23.1. The van der Waals surface area contributed by atoms with E-state index in [2.05, 4.69) is 43.3 Å². The van der Waals surface area contributed by atoms with Crippen LogP contribution >= 0.6 is 0 Å². The number of para-hydroxylation sites is 1. The molecule has 39 heavy (non-hydrogen) atoms. The third kappa shape index (κ3) is 5.81. The Morgan fingerprint density at radius 3 is 2.28 bits per heavy atom. The maximum absolute atomic E-state index is 13.9. The first-order valence-electron chi connectivity index (χ1n) is 13.2. The van der Waals surface area contributed by atoms with Crippen LogP contribution in [-0.2, 0) is 6.54 Å². The Labute approximate surface area is 228 Å². The van der Waals surface area contributed by atoms with Gasteiger partial charge in [-0.1, -0.05) is 58.0 Å². The molecule has 4 aromatic rings. The first-order valence-corrected chi connectivity index (χ1v) is 13.2. The molecular weight excluding hydrogens is 492 g/mol. The van der Waals surface area contributed by atoms with Crippen LogP contribution in [0, 0.1) is 0 Å². The normalized spacial score (nSPS) is 11.3. The molecule has 2 amide bonds. The lowest BCUT2D eigenvalue weighted by molar-refractivity contribution is 0.262. The summed E-state index contributed by atoms with van der Waals surface area (Å²) in [4.78, 5) is 32.0. The molecular formula is C31H36N4O4. The van der Waals surface area contributed by atoms with Crippen molar-refractivity contribution < 1.29 is 14.6 Å². The number of amides is 2. The van der Waals surface area contributed by atoms with Crippen molar-refractivity contribution in [1.29, 1.82) is 0 Å². The summed E-state index contributed by atoms with van der Waals surface area (Å²) in [5, 5.41) is 16.1. The van der Waals surface area contributed by atoms with E-state index in [1.807, 2.05) is 48.5 Å². The number of fused-ring (bicyclic) bond motifs is 1. The molecule has 0 fully saturated rings. The number of urea groups is 1. The first-order chi connectivity index (χ1) is 18.8. The average Bonchev–Trinajstić information content (AvgIpc) is 2.93. The van der Waals surface area contributed by atoms with Gasteiger partial charge < -0.3 is 20.5 Å². The van der Waals surface area contributed by atoms with Crippen molar-refractivity contribution in [1.82, 2.24) is 9.55 Å². The lowest BCUT2D eigenvalue weighted by atomic mass is 9.93. The number of carbonyl (C=O) groups excluding carboxylic acids is 1. The van der Waals surface area contributed by atoms with Gasteiger partial charge in [0.25, 0.3) is 5.56 Å². The SMILES string of the molecule is COc1cccc(-c2c(NC(=O)Nc3c(C(C)C)cccc3C(C)C)c(=O)n(CCCO)c3ncccc23)c1. The van der Waals surface area contributed by atoms with Crippen molar-refractivity contribution in [2.75, 3.05) is 24.4 Å². The Bertz CT molecular complexity index is 1520. The van der Waals surface area contributed by atoms with Crippen LogP contribution in [0.3, 0.4) is 0 Å². The van der Waals surface area contributed by atoms with Gasteiger partial charge in [0.15, 0.2) is 0 Å². The van der Waals surface area contributed by atoms with Gasteiger partial charge in [-0.3, -0.25) is 9.36 Å². The Morgan fingerprint density at radius 1 is 0.974 bits per heavy atom. The summed E-state index contributed by atoms with van der Waals surface area (Å²) in [6.45, 7) is 8.51. The number of ether oxygens (including phenoxy) is 1. The standard InChI is InChI=1S/C31H36N4O4/c1-19(2)23-12-7-13-24(20(3)4)27(23)33-31(38)34-28-26(21-10-6-11-22(18-21)39-5)25-14-8-15-32-29(25)35(30(28)37)16-9-17-36/h6-8,10-15,18-20,36H,9,16-17H2,1-5H3,(H2,33,34,38). The summed E-state index contributed by atoms with van der Waals surface area (Å²) in [6.07, 6.45) is 2.00. The predicted molar refractivity (Wildman–Crippen MR) is 157 cm³/mol.